The number of aliphatic hydroxyl groups is 1. The van der Waals surface area contributed by atoms with Crippen LogP contribution < -0.4 is 0 Å². The zero-order valence-electron chi connectivity index (χ0n) is 13.6. The molecule has 7 heteroatoms. The monoisotopic (exact) mass is 339 g/mol. The number of halogens is 3. The first-order chi connectivity index (χ1) is 11.2. The zero-order chi connectivity index (χ0) is 17.5. The Labute approximate surface area is 138 Å². The van der Waals surface area contributed by atoms with Gasteiger partial charge in [0.25, 0.3) is 0 Å². The van der Waals surface area contributed by atoms with E-state index in [2.05, 4.69) is 10.00 Å². The van der Waals surface area contributed by atoms with E-state index in [0.717, 1.165) is 23.4 Å². The molecule has 130 valence electrons. The summed E-state index contributed by atoms with van der Waals surface area (Å²) in [6, 6.07) is 4.80. The summed E-state index contributed by atoms with van der Waals surface area (Å²) >= 11 is 0. The number of alkyl halides is 3. The van der Waals surface area contributed by atoms with Crippen LogP contribution >= 0.6 is 0 Å². The number of aryl methyl sites for hydroxylation is 2. The average Bonchev–Trinajstić information content (AvgIpc) is 3.02. The van der Waals surface area contributed by atoms with Gasteiger partial charge in [0.1, 0.15) is 5.60 Å². The topological polar surface area (TPSA) is 41.3 Å². The Morgan fingerprint density at radius 3 is 2.46 bits per heavy atom. The van der Waals surface area contributed by atoms with Crippen LogP contribution in [0.25, 0.3) is 0 Å². The number of benzene rings is 1. The molecule has 0 aliphatic carbocycles. The summed E-state index contributed by atoms with van der Waals surface area (Å²) in [4.78, 5) is 2.08. The van der Waals surface area contributed by atoms with Gasteiger partial charge >= 0.3 is 6.18 Å². The minimum absolute atomic E-state index is 0.383. The van der Waals surface area contributed by atoms with E-state index in [4.69, 9.17) is 0 Å². The van der Waals surface area contributed by atoms with E-state index in [1.165, 1.54) is 12.1 Å². The Morgan fingerprint density at radius 1 is 1.25 bits per heavy atom. The van der Waals surface area contributed by atoms with Crippen LogP contribution in [0.2, 0.25) is 0 Å². The lowest BCUT2D eigenvalue weighted by atomic mass is 9.92. The van der Waals surface area contributed by atoms with Crippen molar-refractivity contribution in [3.8, 4) is 0 Å². The van der Waals surface area contributed by atoms with Crippen LogP contribution in [0.15, 0.2) is 30.5 Å². The van der Waals surface area contributed by atoms with Crippen LogP contribution in [-0.2, 0) is 25.4 Å². The van der Waals surface area contributed by atoms with Crippen LogP contribution in [0, 0.1) is 6.92 Å². The molecule has 0 saturated carbocycles. The van der Waals surface area contributed by atoms with Gasteiger partial charge in [-0.3, -0.25) is 9.58 Å². The molecule has 1 aliphatic heterocycles. The molecule has 1 N–H and O–H groups in total. The molecule has 1 atom stereocenters. The smallest absolute Gasteiger partial charge is 0.384 e. The van der Waals surface area contributed by atoms with E-state index in [-0.39, 0.29) is 0 Å². The summed E-state index contributed by atoms with van der Waals surface area (Å²) in [5.41, 5.74) is 0.744. The van der Waals surface area contributed by atoms with Gasteiger partial charge in [-0.1, -0.05) is 12.1 Å². The number of aromatic nitrogens is 2. The van der Waals surface area contributed by atoms with Crippen molar-refractivity contribution in [3.05, 3.63) is 52.8 Å². The zero-order valence-corrected chi connectivity index (χ0v) is 13.6. The minimum atomic E-state index is -4.36. The Bertz CT molecular complexity index is 724. The lowest BCUT2D eigenvalue weighted by Gasteiger charge is -2.24. The van der Waals surface area contributed by atoms with Gasteiger partial charge in [-0.2, -0.15) is 18.3 Å². The van der Waals surface area contributed by atoms with Gasteiger partial charge in [0.2, 0.25) is 0 Å². The van der Waals surface area contributed by atoms with Crippen LogP contribution in [0.4, 0.5) is 13.2 Å². The SMILES string of the molecule is Cc1cn(C)nc1CN1CCC(O)(c2ccc(C(F)(F)F)cc2)C1. The lowest BCUT2D eigenvalue weighted by Crippen LogP contribution is -2.30. The highest BCUT2D eigenvalue weighted by molar-refractivity contribution is 5.30. The Kier molecular flexibility index (Phi) is 4.17. The number of β-amino-alcohol motifs (C(OH)–C–C–N with tert-alkyl or cyclic N) is 1. The molecule has 1 fully saturated rings. The summed E-state index contributed by atoms with van der Waals surface area (Å²) in [6.45, 7) is 3.66. The summed E-state index contributed by atoms with van der Waals surface area (Å²) in [6.07, 6.45) is -1.93. The average molecular weight is 339 g/mol. The fourth-order valence-corrected chi connectivity index (χ4v) is 3.23. The second-order valence-corrected chi connectivity index (χ2v) is 6.50. The van der Waals surface area contributed by atoms with Crippen LogP contribution in [0.1, 0.15) is 28.8 Å². The number of hydrogen-bond acceptors (Lipinski definition) is 3. The molecule has 3 rings (SSSR count). The third-order valence-corrected chi connectivity index (χ3v) is 4.56. The van der Waals surface area contributed by atoms with Gasteiger partial charge in [0.05, 0.1) is 11.3 Å². The fraction of sp³-hybridized carbons (Fsp3) is 0.471. The van der Waals surface area contributed by atoms with E-state index < -0.39 is 17.3 Å². The minimum Gasteiger partial charge on any atom is -0.384 e. The molecule has 2 heterocycles. The van der Waals surface area contributed by atoms with Crippen LogP contribution in [0.5, 0.6) is 0 Å². The van der Waals surface area contributed by atoms with Crippen LogP contribution in [0.3, 0.4) is 0 Å². The molecule has 4 nitrogen and oxygen atoms in total. The molecule has 1 aromatic heterocycles. The number of nitrogens with zero attached hydrogens (tertiary/aromatic N) is 3. The quantitative estimate of drug-likeness (QED) is 0.935. The molecule has 24 heavy (non-hydrogen) atoms. The molecule has 1 saturated heterocycles. The van der Waals surface area contributed by atoms with Gasteiger partial charge in [0.15, 0.2) is 0 Å². The molecule has 2 aromatic rings. The van der Waals surface area contributed by atoms with Gasteiger partial charge in [0, 0.05) is 32.9 Å². The van der Waals surface area contributed by atoms with Gasteiger partial charge in [-0.05, 0) is 36.6 Å². The summed E-state index contributed by atoms with van der Waals surface area (Å²) in [5.74, 6) is 0. The van der Waals surface area contributed by atoms with E-state index in [9.17, 15) is 18.3 Å². The fourth-order valence-electron chi connectivity index (χ4n) is 3.23. The van der Waals surface area contributed by atoms with Crippen molar-refractivity contribution in [2.24, 2.45) is 7.05 Å². The molecule has 1 aromatic carbocycles. The maximum absolute atomic E-state index is 12.7. The van der Waals surface area contributed by atoms with Gasteiger partial charge in [-0.15, -0.1) is 0 Å². The number of hydrogen-bond donors (Lipinski definition) is 1. The van der Waals surface area contributed by atoms with Crippen molar-refractivity contribution in [3.63, 3.8) is 0 Å². The van der Waals surface area contributed by atoms with Crippen LogP contribution in [-0.4, -0.2) is 32.9 Å². The van der Waals surface area contributed by atoms with E-state index in [1.54, 1.807) is 4.68 Å². The molecule has 0 amide bonds. The van der Waals surface area contributed by atoms with E-state index in [1.807, 2.05) is 20.2 Å². The summed E-state index contributed by atoms with van der Waals surface area (Å²) < 4.78 is 39.7. The number of rotatable bonds is 3. The van der Waals surface area contributed by atoms with E-state index >= 15 is 0 Å². The summed E-state index contributed by atoms with van der Waals surface area (Å²) in [5, 5.41) is 15.2. The van der Waals surface area contributed by atoms with Crippen molar-refractivity contribution >= 4 is 0 Å². The highest BCUT2D eigenvalue weighted by Crippen LogP contribution is 2.35. The van der Waals surface area contributed by atoms with Gasteiger partial charge in [-0.25, -0.2) is 0 Å². The first kappa shape index (κ1) is 17.0. The van der Waals surface area contributed by atoms with Gasteiger partial charge < -0.3 is 5.11 Å². The third-order valence-electron chi connectivity index (χ3n) is 4.56. The predicted molar refractivity (Wildman–Crippen MR) is 83.2 cm³/mol. The molecule has 0 spiro atoms. The Balaban J connectivity index is 1.72. The molecular formula is C17H20F3N3O. The second-order valence-electron chi connectivity index (χ2n) is 6.50. The first-order valence-corrected chi connectivity index (χ1v) is 7.79. The van der Waals surface area contributed by atoms with Crippen molar-refractivity contribution in [2.45, 2.75) is 31.7 Å². The standard InChI is InChI=1S/C17H20F3N3O/c1-12-9-22(2)21-15(12)10-23-8-7-16(24,11-23)13-3-5-14(6-4-13)17(18,19)20/h3-6,9,24H,7-8,10-11H2,1-2H3. The Morgan fingerprint density at radius 2 is 1.92 bits per heavy atom. The highest BCUT2D eigenvalue weighted by atomic mass is 19.4. The molecule has 1 unspecified atom stereocenters. The molecular weight excluding hydrogens is 319 g/mol. The molecule has 0 radical (unpaired) electrons. The first-order valence-electron chi connectivity index (χ1n) is 7.79. The van der Waals surface area contributed by atoms with Crippen molar-refractivity contribution in [1.29, 1.82) is 0 Å². The van der Waals surface area contributed by atoms with E-state index in [0.29, 0.717) is 31.6 Å². The highest BCUT2D eigenvalue weighted by Gasteiger charge is 2.38. The number of likely N-dealkylation sites (tertiary alicyclic amines) is 1. The molecule has 0 bridgehead atoms. The predicted octanol–water partition coefficient (Wildman–Crippen LogP) is 2.84. The third kappa shape index (κ3) is 3.32. The van der Waals surface area contributed by atoms with Crippen molar-refractivity contribution in [1.82, 2.24) is 14.7 Å². The summed E-state index contributed by atoms with van der Waals surface area (Å²) in [7, 11) is 1.86. The normalized spacial score (nSPS) is 22.2. The van der Waals surface area contributed by atoms with Crippen molar-refractivity contribution in [2.75, 3.05) is 13.1 Å². The maximum Gasteiger partial charge on any atom is 0.416 e. The lowest BCUT2D eigenvalue weighted by molar-refractivity contribution is -0.137. The second kappa shape index (κ2) is 5.89. The molecule has 1 aliphatic rings. The Hall–Kier alpha value is -1.86. The van der Waals surface area contributed by atoms with Crippen molar-refractivity contribution < 1.29 is 18.3 Å². The maximum atomic E-state index is 12.7. The largest absolute Gasteiger partial charge is 0.416 e.